The zero-order valence-corrected chi connectivity index (χ0v) is 12.6. The molecule has 1 aromatic rings. The predicted octanol–water partition coefficient (Wildman–Crippen LogP) is 2.67. The summed E-state index contributed by atoms with van der Waals surface area (Å²) in [5.41, 5.74) is 1.56. The third kappa shape index (κ3) is 4.18. The molecule has 20 heavy (non-hydrogen) atoms. The topological polar surface area (TPSA) is 35.5 Å². The van der Waals surface area contributed by atoms with Gasteiger partial charge >= 0.3 is 0 Å². The average Bonchev–Trinajstić information content (AvgIpc) is 2.35. The third-order valence-electron chi connectivity index (χ3n) is 3.57. The van der Waals surface area contributed by atoms with Crippen LogP contribution in [0.2, 0.25) is 0 Å². The van der Waals surface area contributed by atoms with Gasteiger partial charge in [0.25, 0.3) is 0 Å². The van der Waals surface area contributed by atoms with Crippen molar-refractivity contribution < 1.29 is 9.50 Å². The smallest absolute Gasteiger partial charge is 0.146 e. The molecule has 0 aromatic heterocycles. The number of anilines is 1. The molecule has 0 aliphatic carbocycles. The van der Waals surface area contributed by atoms with E-state index in [1.807, 2.05) is 17.0 Å². The molecule has 1 aliphatic heterocycles. The first-order valence-electron chi connectivity index (χ1n) is 7.31. The zero-order chi connectivity index (χ0) is 14.8. The Morgan fingerprint density at radius 3 is 2.75 bits per heavy atom. The van der Waals surface area contributed by atoms with Crippen molar-refractivity contribution in [3.05, 3.63) is 29.6 Å². The van der Waals surface area contributed by atoms with E-state index in [4.69, 9.17) is 0 Å². The van der Waals surface area contributed by atoms with Crippen LogP contribution in [0.5, 0.6) is 0 Å². The van der Waals surface area contributed by atoms with Gasteiger partial charge in [-0.25, -0.2) is 4.39 Å². The van der Waals surface area contributed by atoms with Gasteiger partial charge in [-0.15, -0.1) is 0 Å². The van der Waals surface area contributed by atoms with E-state index in [2.05, 4.69) is 26.1 Å². The fraction of sp³-hybridized carbons (Fsp3) is 0.625. The fourth-order valence-corrected chi connectivity index (χ4v) is 2.46. The number of aliphatic hydroxyl groups excluding tert-OH is 1. The average molecular weight is 280 g/mol. The van der Waals surface area contributed by atoms with Crippen LogP contribution in [-0.2, 0) is 6.54 Å². The Kier molecular flexibility index (Phi) is 4.66. The molecule has 1 fully saturated rings. The van der Waals surface area contributed by atoms with Crippen molar-refractivity contribution in [2.24, 2.45) is 0 Å². The fourth-order valence-electron chi connectivity index (χ4n) is 2.46. The predicted molar refractivity (Wildman–Crippen MR) is 80.4 cm³/mol. The van der Waals surface area contributed by atoms with Crippen molar-refractivity contribution in [3.8, 4) is 0 Å². The Balaban J connectivity index is 2.05. The summed E-state index contributed by atoms with van der Waals surface area (Å²) < 4.78 is 14.2. The Labute approximate surface area is 120 Å². The minimum absolute atomic E-state index is 0.0200. The quantitative estimate of drug-likeness (QED) is 0.893. The summed E-state index contributed by atoms with van der Waals surface area (Å²) in [6.45, 7) is 8.26. The summed E-state index contributed by atoms with van der Waals surface area (Å²) in [6, 6.07) is 5.38. The molecule has 0 saturated carbocycles. The highest BCUT2D eigenvalue weighted by atomic mass is 19.1. The van der Waals surface area contributed by atoms with Crippen LogP contribution in [0.4, 0.5) is 10.1 Å². The van der Waals surface area contributed by atoms with Crippen LogP contribution in [-0.4, -0.2) is 29.8 Å². The molecule has 2 N–H and O–H groups in total. The molecule has 1 aliphatic rings. The second kappa shape index (κ2) is 6.10. The number of benzene rings is 1. The van der Waals surface area contributed by atoms with Gasteiger partial charge in [0.05, 0.1) is 11.8 Å². The lowest BCUT2D eigenvalue weighted by atomic mass is 10.1. The summed E-state index contributed by atoms with van der Waals surface area (Å²) in [4.78, 5) is 1.93. The first-order chi connectivity index (χ1) is 9.35. The monoisotopic (exact) mass is 280 g/mol. The van der Waals surface area contributed by atoms with Gasteiger partial charge in [-0.3, -0.25) is 0 Å². The lowest BCUT2D eigenvalue weighted by Gasteiger charge is -2.32. The molecule has 1 aromatic carbocycles. The van der Waals surface area contributed by atoms with Gasteiger partial charge in [0, 0.05) is 25.2 Å². The van der Waals surface area contributed by atoms with Crippen molar-refractivity contribution in [3.63, 3.8) is 0 Å². The van der Waals surface area contributed by atoms with Gasteiger partial charge in [-0.1, -0.05) is 6.07 Å². The first-order valence-corrected chi connectivity index (χ1v) is 7.31. The Morgan fingerprint density at radius 2 is 2.15 bits per heavy atom. The molecule has 0 spiro atoms. The second-order valence-electron chi connectivity index (χ2n) is 6.63. The molecule has 0 bridgehead atoms. The van der Waals surface area contributed by atoms with Crippen molar-refractivity contribution in [2.45, 2.75) is 51.8 Å². The Morgan fingerprint density at radius 1 is 1.40 bits per heavy atom. The number of nitrogens with zero attached hydrogens (tertiary/aromatic N) is 1. The summed E-state index contributed by atoms with van der Waals surface area (Å²) >= 11 is 0. The number of halogens is 1. The summed E-state index contributed by atoms with van der Waals surface area (Å²) in [5, 5.41) is 13.0. The van der Waals surface area contributed by atoms with Crippen LogP contribution in [0.1, 0.15) is 39.2 Å². The lowest BCUT2D eigenvalue weighted by Crippen LogP contribution is -2.38. The van der Waals surface area contributed by atoms with E-state index in [0.29, 0.717) is 18.8 Å². The molecule has 1 saturated heterocycles. The molecule has 112 valence electrons. The molecule has 0 radical (unpaired) electrons. The number of rotatable bonds is 3. The molecule has 1 unspecified atom stereocenters. The summed E-state index contributed by atoms with van der Waals surface area (Å²) in [6.07, 6.45) is 1.38. The highest BCUT2D eigenvalue weighted by Gasteiger charge is 2.20. The third-order valence-corrected chi connectivity index (χ3v) is 3.57. The van der Waals surface area contributed by atoms with Crippen LogP contribution >= 0.6 is 0 Å². The normalized spacial score (nSPS) is 20.2. The Bertz CT molecular complexity index is 456. The lowest BCUT2D eigenvalue weighted by molar-refractivity contribution is 0.154. The van der Waals surface area contributed by atoms with Crippen molar-refractivity contribution in [1.82, 2.24) is 5.32 Å². The number of aliphatic hydroxyl groups is 1. The highest BCUT2D eigenvalue weighted by molar-refractivity contribution is 5.49. The summed E-state index contributed by atoms with van der Waals surface area (Å²) in [5.74, 6) is -0.202. The van der Waals surface area contributed by atoms with E-state index in [-0.39, 0.29) is 17.5 Å². The summed E-state index contributed by atoms with van der Waals surface area (Å²) in [7, 11) is 0. The maximum Gasteiger partial charge on any atom is 0.146 e. The van der Waals surface area contributed by atoms with Crippen LogP contribution in [0.3, 0.4) is 0 Å². The molecular formula is C16H25FN2O. The van der Waals surface area contributed by atoms with E-state index < -0.39 is 0 Å². The molecule has 2 rings (SSSR count). The molecule has 0 amide bonds. The zero-order valence-electron chi connectivity index (χ0n) is 12.6. The highest BCUT2D eigenvalue weighted by Crippen LogP contribution is 2.24. The molecule has 1 heterocycles. The van der Waals surface area contributed by atoms with Crippen LogP contribution in [0, 0.1) is 5.82 Å². The molecule has 4 heteroatoms. The number of hydrogen-bond acceptors (Lipinski definition) is 3. The largest absolute Gasteiger partial charge is 0.391 e. The molecule has 3 nitrogen and oxygen atoms in total. The van der Waals surface area contributed by atoms with Crippen molar-refractivity contribution in [2.75, 3.05) is 18.0 Å². The van der Waals surface area contributed by atoms with Crippen molar-refractivity contribution >= 4 is 5.69 Å². The van der Waals surface area contributed by atoms with E-state index in [0.717, 1.165) is 24.9 Å². The van der Waals surface area contributed by atoms with Gasteiger partial charge in [0.2, 0.25) is 0 Å². The minimum Gasteiger partial charge on any atom is -0.391 e. The molecular weight excluding hydrogens is 255 g/mol. The van der Waals surface area contributed by atoms with E-state index >= 15 is 0 Å². The van der Waals surface area contributed by atoms with Gasteiger partial charge in [0.15, 0.2) is 0 Å². The number of piperidine rings is 1. The van der Waals surface area contributed by atoms with Crippen LogP contribution in [0.25, 0.3) is 0 Å². The first kappa shape index (κ1) is 15.3. The Hall–Kier alpha value is -1.13. The van der Waals surface area contributed by atoms with E-state index in [1.165, 1.54) is 0 Å². The number of nitrogens with one attached hydrogen (secondary N) is 1. The van der Waals surface area contributed by atoms with Gasteiger partial charge < -0.3 is 15.3 Å². The number of hydrogen-bond donors (Lipinski definition) is 2. The standard InChI is InChI=1S/C16H25FN2O/c1-16(2,3)18-10-12-6-7-15(14(17)9-12)19-8-4-5-13(20)11-19/h6-7,9,13,18,20H,4-5,8,10-11H2,1-3H3. The van der Waals surface area contributed by atoms with Gasteiger partial charge in [-0.2, -0.15) is 0 Å². The molecule has 1 atom stereocenters. The van der Waals surface area contributed by atoms with E-state index in [1.54, 1.807) is 6.07 Å². The van der Waals surface area contributed by atoms with E-state index in [9.17, 15) is 9.50 Å². The SMILES string of the molecule is CC(C)(C)NCc1ccc(N2CCCC(O)C2)c(F)c1. The van der Waals surface area contributed by atoms with Gasteiger partial charge in [0.1, 0.15) is 5.82 Å². The number of β-amino-alcohol motifs (C(OH)–C–C–N with tert-alkyl or cyclic N) is 1. The van der Waals surface area contributed by atoms with Crippen LogP contribution in [0.15, 0.2) is 18.2 Å². The maximum absolute atomic E-state index is 14.2. The minimum atomic E-state index is -0.342. The van der Waals surface area contributed by atoms with Crippen molar-refractivity contribution in [1.29, 1.82) is 0 Å². The maximum atomic E-state index is 14.2. The van der Waals surface area contributed by atoms with Gasteiger partial charge in [-0.05, 0) is 51.3 Å². The van der Waals surface area contributed by atoms with Crippen LogP contribution < -0.4 is 10.2 Å². The second-order valence-corrected chi connectivity index (χ2v) is 6.63.